The molecule has 90 valence electrons. The second-order valence-corrected chi connectivity index (χ2v) is 6.32. The van der Waals surface area contributed by atoms with Crippen molar-refractivity contribution in [3.05, 3.63) is 21.3 Å². The van der Waals surface area contributed by atoms with Crippen LogP contribution in [0.4, 0.5) is 5.00 Å². The summed E-state index contributed by atoms with van der Waals surface area (Å²) in [4.78, 5) is 13.9. The molecule has 0 unspecified atom stereocenters. The Labute approximate surface area is 108 Å². The van der Waals surface area contributed by atoms with Crippen LogP contribution < -0.4 is 0 Å². The molecule has 0 aliphatic carbocycles. The van der Waals surface area contributed by atoms with E-state index in [1.807, 2.05) is 0 Å². The van der Waals surface area contributed by atoms with Gasteiger partial charge in [0.15, 0.2) is 8.68 Å². The van der Waals surface area contributed by atoms with Crippen LogP contribution in [-0.2, 0) is 6.42 Å². The van der Waals surface area contributed by atoms with Gasteiger partial charge in [-0.1, -0.05) is 11.3 Å². The number of nitro groups is 1. The fourth-order valence-electron chi connectivity index (χ4n) is 0.932. The van der Waals surface area contributed by atoms with E-state index in [9.17, 15) is 10.1 Å². The van der Waals surface area contributed by atoms with E-state index < -0.39 is 4.92 Å². The van der Waals surface area contributed by atoms with E-state index >= 15 is 0 Å². The minimum atomic E-state index is -0.473. The Morgan fingerprint density at radius 2 is 2.24 bits per heavy atom. The summed E-state index contributed by atoms with van der Waals surface area (Å²) in [6.45, 7) is 0.0298. The number of aliphatic hydroxyl groups excluding tert-OH is 1. The quantitative estimate of drug-likeness (QED) is 0.659. The van der Waals surface area contributed by atoms with Gasteiger partial charge in [0.25, 0.3) is 0 Å². The van der Waals surface area contributed by atoms with Crippen LogP contribution in [-0.4, -0.2) is 31.8 Å². The Hall–Kier alpha value is -1.10. The number of rotatable bonds is 5. The molecule has 0 aromatic carbocycles. The number of hydrogen-bond donors (Lipinski definition) is 1. The smallest absolute Gasteiger partial charge is 0.344 e. The first kappa shape index (κ1) is 12.4. The second-order valence-electron chi connectivity index (χ2n) is 2.76. The molecule has 17 heavy (non-hydrogen) atoms. The van der Waals surface area contributed by atoms with Crippen molar-refractivity contribution in [3.63, 3.8) is 0 Å². The molecule has 0 radical (unpaired) electrons. The zero-order valence-electron chi connectivity index (χ0n) is 8.27. The molecule has 0 saturated carbocycles. The summed E-state index contributed by atoms with van der Waals surface area (Å²) in [7, 11) is 0. The first-order valence-electron chi connectivity index (χ1n) is 4.40. The zero-order valence-corrected chi connectivity index (χ0v) is 10.7. The maximum Gasteiger partial charge on any atom is 0.344 e. The maximum atomic E-state index is 10.5. The summed E-state index contributed by atoms with van der Waals surface area (Å²) in [6, 6.07) is 0. The SMILES string of the molecule is O=[N+]([O-])c1cnc(Sc2nnc(CCO)s2)s1. The van der Waals surface area contributed by atoms with Crippen LogP contribution in [0, 0.1) is 10.1 Å². The fourth-order valence-corrected chi connectivity index (χ4v) is 3.80. The van der Waals surface area contributed by atoms with Gasteiger partial charge in [-0.15, -0.1) is 10.2 Å². The third kappa shape index (κ3) is 3.19. The van der Waals surface area contributed by atoms with Gasteiger partial charge in [-0.3, -0.25) is 10.1 Å². The molecule has 2 rings (SSSR count). The minimum absolute atomic E-state index is 0.00703. The van der Waals surface area contributed by atoms with Gasteiger partial charge in [-0.05, 0) is 23.1 Å². The predicted molar refractivity (Wildman–Crippen MR) is 63.6 cm³/mol. The summed E-state index contributed by atoms with van der Waals surface area (Å²) in [6.07, 6.45) is 1.69. The molecular formula is C7H6N4O3S3. The van der Waals surface area contributed by atoms with Gasteiger partial charge in [0.2, 0.25) is 0 Å². The molecule has 0 fully saturated rings. The van der Waals surface area contributed by atoms with E-state index in [-0.39, 0.29) is 11.6 Å². The number of aliphatic hydroxyl groups is 1. The van der Waals surface area contributed by atoms with Gasteiger partial charge >= 0.3 is 5.00 Å². The summed E-state index contributed by atoms with van der Waals surface area (Å²) < 4.78 is 1.22. The van der Waals surface area contributed by atoms with E-state index in [0.29, 0.717) is 15.1 Å². The molecule has 1 N–H and O–H groups in total. The van der Waals surface area contributed by atoms with Crippen molar-refractivity contribution in [2.24, 2.45) is 0 Å². The molecule has 0 spiro atoms. The average Bonchev–Trinajstić information content (AvgIpc) is 2.89. The molecule has 0 atom stereocenters. The van der Waals surface area contributed by atoms with Crippen LogP contribution in [0.25, 0.3) is 0 Å². The van der Waals surface area contributed by atoms with Crippen molar-refractivity contribution >= 4 is 39.4 Å². The molecule has 0 saturated heterocycles. The van der Waals surface area contributed by atoms with Gasteiger partial charge in [-0.25, -0.2) is 4.98 Å². The second kappa shape index (κ2) is 5.49. The van der Waals surface area contributed by atoms with Crippen LogP contribution in [0.5, 0.6) is 0 Å². The Bertz CT molecular complexity index is 526. The van der Waals surface area contributed by atoms with E-state index in [0.717, 1.165) is 16.3 Å². The van der Waals surface area contributed by atoms with E-state index in [1.165, 1.54) is 29.3 Å². The minimum Gasteiger partial charge on any atom is -0.396 e. The molecule has 2 heterocycles. The summed E-state index contributed by atoms with van der Waals surface area (Å²) in [5.74, 6) is 0. The van der Waals surface area contributed by atoms with Gasteiger partial charge < -0.3 is 5.11 Å². The molecule has 0 amide bonds. The van der Waals surface area contributed by atoms with Gasteiger partial charge in [0, 0.05) is 13.0 Å². The predicted octanol–water partition coefficient (Wildman–Crippen LogP) is 1.59. The normalized spacial score (nSPS) is 10.6. The van der Waals surface area contributed by atoms with Gasteiger partial charge in [-0.2, -0.15) is 0 Å². The summed E-state index contributed by atoms with van der Waals surface area (Å²) in [5.41, 5.74) is 0. The third-order valence-electron chi connectivity index (χ3n) is 1.60. The molecule has 2 aromatic heterocycles. The molecular weight excluding hydrogens is 284 g/mol. The average molecular weight is 290 g/mol. The van der Waals surface area contributed by atoms with Gasteiger partial charge in [0.1, 0.15) is 11.2 Å². The summed E-state index contributed by atoms with van der Waals surface area (Å²) >= 11 is 3.59. The van der Waals surface area contributed by atoms with Crippen LogP contribution in [0.1, 0.15) is 5.01 Å². The largest absolute Gasteiger partial charge is 0.396 e. The molecule has 2 aromatic rings. The Morgan fingerprint density at radius 3 is 2.88 bits per heavy atom. The maximum absolute atomic E-state index is 10.5. The standard InChI is InChI=1S/C7H6N4O3S3/c12-2-1-4-9-10-7(15-4)17-6-8-3-5(16-6)11(13)14/h3,12H,1-2H2. The highest BCUT2D eigenvalue weighted by atomic mass is 32.2. The molecule has 7 nitrogen and oxygen atoms in total. The fraction of sp³-hybridized carbons (Fsp3) is 0.286. The molecule has 0 aliphatic rings. The lowest BCUT2D eigenvalue weighted by Gasteiger charge is -1.87. The lowest BCUT2D eigenvalue weighted by Crippen LogP contribution is -1.88. The summed E-state index contributed by atoms with van der Waals surface area (Å²) in [5, 5.41) is 27.7. The third-order valence-corrected chi connectivity index (χ3v) is 4.66. The van der Waals surface area contributed by atoms with Gasteiger partial charge in [0.05, 0.1) is 4.92 Å². The Balaban J connectivity index is 2.05. The van der Waals surface area contributed by atoms with Crippen molar-refractivity contribution in [1.82, 2.24) is 15.2 Å². The molecule has 0 bridgehead atoms. The van der Waals surface area contributed by atoms with E-state index in [1.54, 1.807) is 0 Å². The van der Waals surface area contributed by atoms with Crippen molar-refractivity contribution in [1.29, 1.82) is 0 Å². The van der Waals surface area contributed by atoms with Crippen molar-refractivity contribution < 1.29 is 10.0 Å². The lowest BCUT2D eigenvalue weighted by atomic mass is 10.5. The van der Waals surface area contributed by atoms with E-state index in [2.05, 4.69) is 15.2 Å². The van der Waals surface area contributed by atoms with Crippen LogP contribution in [0.3, 0.4) is 0 Å². The first-order valence-corrected chi connectivity index (χ1v) is 6.85. The number of aromatic nitrogens is 3. The first-order chi connectivity index (χ1) is 8.19. The van der Waals surface area contributed by atoms with Crippen molar-refractivity contribution in [2.45, 2.75) is 15.1 Å². The van der Waals surface area contributed by atoms with Crippen LogP contribution >= 0.6 is 34.4 Å². The Kier molecular flexibility index (Phi) is 3.99. The van der Waals surface area contributed by atoms with E-state index in [4.69, 9.17) is 5.11 Å². The highest BCUT2D eigenvalue weighted by Gasteiger charge is 2.14. The molecule has 10 heteroatoms. The van der Waals surface area contributed by atoms with Crippen LogP contribution in [0.2, 0.25) is 0 Å². The number of thiazole rings is 1. The highest BCUT2D eigenvalue weighted by molar-refractivity contribution is 8.02. The zero-order chi connectivity index (χ0) is 12.3. The van der Waals surface area contributed by atoms with Crippen LogP contribution in [0.15, 0.2) is 14.9 Å². The molecule has 0 aliphatic heterocycles. The number of hydrogen-bond acceptors (Lipinski definition) is 9. The van der Waals surface area contributed by atoms with Crippen molar-refractivity contribution in [3.8, 4) is 0 Å². The Morgan fingerprint density at radius 1 is 1.41 bits per heavy atom. The lowest BCUT2D eigenvalue weighted by molar-refractivity contribution is -0.380. The highest BCUT2D eigenvalue weighted by Crippen LogP contribution is 2.35. The topological polar surface area (TPSA) is 102 Å². The monoisotopic (exact) mass is 290 g/mol. The number of nitrogens with zero attached hydrogens (tertiary/aromatic N) is 4. The van der Waals surface area contributed by atoms with Crippen molar-refractivity contribution in [2.75, 3.05) is 6.61 Å².